The van der Waals surface area contributed by atoms with E-state index >= 15 is 0 Å². The van der Waals surface area contributed by atoms with Crippen LogP contribution in [0.1, 0.15) is 24.2 Å². The molecule has 2 N–H and O–H groups in total. The van der Waals surface area contributed by atoms with Crippen LogP contribution in [0.3, 0.4) is 0 Å². The van der Waals surface area contributed by atoms with Crippen LogP contribution in [0, 0.1) is 11.7 Å². The second-order valence-corrected chi connectivity index (χ2v) is 7.96. The minimum Gasteiger partial charge on any atom is -0.352 e. The molecular formula is C17H18ClFN2O3S. The van der Waals surface area contributed by atoms with E-state index in [-0.39, 0.29) is 33.0 Å². The maximum absolute atomic E-state index is 13.2. The monoisotopic (exact) mass is 384 g/mol. The number of nitrogens with one attached hydrogen (secondary N) is 2. The number of halogens is 2. The third kappa shape index (κ3) is 5.17. The number of carbonyl (C=O) groups is 1. The van der Waals surface area contributed by atoms with Gasteiger partial charge in [0.2, 0.25) is 0 Å². The zero-order valence-corrected chi connectivity index (χ0v) is 15.3. The predicted octanol–water partition coefficient (Wildman–Crippen LogP) is 3.67. The van der Waals surface area contributed by atoms with Crippen molar-refractivity contribution in [3.8, 4) is 0 Å². The Kier molecular flexibility index (Phi) is 6.02. The zero-order valence-electron chi connectivity index (χ0n) is 13.7. The molecule has 0 fully saturated rings. The van der Waals surface area contributed by atoms with E-state index in [9.17, 15) is 17.6 Å². The molecule has 134 valence electrons. The molecular weight excluding hydrogens is 367 g/mol. The first-order valence-electron chi connectivity index (χ1n) is 7.55. The van der Waals surface area contributed by atoms with Crippen LogP contribution in [0.4, 0.5) is 10.1 Å². The van der Waals surface area contributed by atoms with Crippen molar-refractivity contribution in [1.82, 2.24) is 5.32 Å². The summed E-state index contributed by atoms with van der Waals surface area (Å²) in [5, 5.41) is 2.53. The van der Waals surface area contributed by atoms with E-state index in [1.807, 2.05) is 13.8 Å². The average Bonchev–Trinajstić information content (AvgIpc) is 2.56. The van der Waals surface area contributed by atoms with E-state index in [4.69, 9.17) is 11.6 Å². The van der Waals surface area contributed by atoms with Gasteiger partial charge in [0.1, 0.15) is 5.82 Å². The number of amides is 1. The lowest BCUT2D eigenvalue weighted by molar-refractivity contribution is 0.0949. The molecule has 2 rings (SSSR count). The SMILES string of the molecule is CC(C)CNC(=O)c1cccc(S(=O)(=O)Nc2ccc(F)c(Cl)c2)c1. The summed E-state index contributed by atoms with van der Waals surface area (Å²) in [6.45, 7) is 4.40. The number of anilines is 1. The molecule has 0 bridgehead atoms. The topological polar surface area (TPSA) is 75.3 Å². The van der Waals surface area contributed by atoms with E-state index in [1.165, 1.54) is 36.4 Å². The van der Waals surface area contributed by atoms with Crippen molar-refractivity contribution < 1.29 is 17.6 Å². The maximum atomic E-state index is 13.2. The summed E-state index contributed by atoms with van der Waals surface area (Å²) < 4.78 is 40.4. The number of hydrogen-bond acceptors (Lipinski definition) is 3. The summed E-state index contributed by atoms with van der Waals surface area (Å²) >= 11 is 5.65. The van der Waals surface area contributed by atoms with E-state index in [0.717, 1.165) is 6.07 Å². The fourth-order valence-electron chi connectivity index (χ4n) is 1.98. The fourth-order valence-corrected chi connectivity index (χ4v) is 3.25. The lowest BCUT2D eigenvalue weighted by Gasteiger charge is -2.11. The van der Waals surface area contributed by atoms with Crippen LogP contribution in [0.2, 0.25) is 5.02 Å². The molecule has 5 nitrogen and oxygen atoms in total. The highest BCUT2D eigenvalue weighted by atomic mass is 35.5. The number of benzene rings is 2. The highest BCUT2D eigenvalue weighted by Crippen LogP contribution is 2.22. The largest absolute Gasteiger partial charge is 0.352 e. The summed E-state index contributed by atoms with van der Waals surface area (Å²) in [5.41, 5.74) is 0.363. The van der Waals surface area contributed by atoms with Gasteiger partial charge in [-0.1, -0.05) is 31.5 Å². The molecule has 25 heavy (non-hydrogen) atoms. The van der Waals surface area contributed by atoms with E-state index in [1.54, 1.807) is 0 Å². The molecule has 2 aromatic carbocycles. The normalized spacial score (nSPS) is 11.4. The smallest absolute Gasteiger partial charge is 0.261 e. The first-order chi connectivity index (χ1) is 11.7. The van der Waals surface area contributed by atoms with Crippen molar-refractivity contribution in [1.29, 1.82) is 0 Å². The van der Waals surface area contributed by atoms with Gasteiger partial charge >= 0.3 is 0 Å². The quantitative estimate of drug-likeness (QED) is 0.797. The molecule has 0 unspecified atom stereocenters. The predicted molar refractivity (Wildman–Crippen MR) is 95.8 cm³/mol. The fraction of sp³-hybridized carbons (Fsp3) is 0.235. The Balaban J connectivity index is 2.23. The van der Waals surface area contributed by atoms with Crippen molar-refractivity contribution in [3.63, 3.8) is 0 Å². The molecule has 0 spiro atoms. The number of hydrogen-bond donors (Lipinski definition) is 2. The van der Waals surface area contributed by atoms with Crippen molar-refractivity contribution in [2.75, 3.05) is 11.3 Å². The summed E-state index contributed by atoms with van der Waals surface area (Å²) in [5.74, 6) is -0.718. The van der Waals surface area contributed by atoms with Gasteiger partial charge in [0.15, 0.2) is 0 Å². The molecule has 2 aromatic rings. The van der Waals surface area contributed by atoms with Crippen LogP contribution >= 0.6 is 11.6 Å². The third-order valence-corrected chi connectivity index (χ3v) is 4.92. The van der Waals surface area contributed by atoms with Gasteiger partial charge in [0.25, 0.3) is 15.9 Å². The van der Waals surface area contributed by atoms with Crippen molar-refractivity contribution in [2.45, 2.75) is 18.7 Å². The summed E-state index contributed by atoms with van der Waals surface area (Å²) in [4.78, 5) is 12.0. The van der Waals surface area contributed by atoms with Crippen molar-refractivity contribution in [3.05, 3.63) is 58.9 Å². The van der Waals surface area contributed by atoms with Gasteiger partial charge in [0, 0.05) is 12.1 Å². The number of sulfonamides is 1. The molecule has 0 radical (unpaired) electrons. The molecule has 1 amide bonds. The van der Waals surface area contributed by atoms with Crippen LogP contribution in [-0.2, 0) is 10.0 Å². The maximum Gasteiger partial charge on any atom is 0.261 e. The van der Waals surface area contributed by atoms with Gasteiger partial charge in [-0.2, -0.15) is 0 Å². The molecule has 0 heterocycles. The average molecular weight is 385 g/mol. The van der Waals surface area contributed by atoms with E-state index in [0.29, 0.717) is 6.54 Å². The second kappa shape index (κ2) is 7.84. The lowest BCUT2D eigenvalue weighted by Crippen LogP contribution is -2.27. The second-order valence-electron chi connectivity index (χ2n) is 5.87. The molecule has 0 aliphatic rings. The molecule has 0 aliphatic carbocycles. The van der Waals surface area contributed by atoms with Crippen LogP contribution in [0.25, 0.3) is 0 Å². The Hall–Kier alpha value is -2.12. The summed E-state index contributed by atoms with van der Waals surface area (Å²) in [6.07, 6.45) is 0. The Labute approximate surface area is 151 Å². The molecule has 0 aromatic heterocycles. The van der Waals surface area contributed by atoms with Gasteiger partial charge in [-0.15, -0.1) is 0 Å². The first kappa shape index (κ1) is 19.2. The van der Waals surface area contributed by atoms with Gasteiger partial charge < -0.3 is 5.32 Å². The molecule has 8 heteroatoms. The standard InChI is InChI=1S/C17H18ClFN2O3S/c1-11(2)10-20-17(22)12-4-3-5-14(8-12)25(23,24)21-13-6-7-16(19)15(18)9-13/h3-9,11,21H,10H2,1-2H3,(H,20,22). The van der Waals surface area contributed by atoms with Gasteiger partial charge in [0.05, 0.1) is 15.6 Å². The molecule has 0 aliphatic heterocycles. The summed E-state index contributed by atoms with van der Waals surface area (Å²) in [6, 6.07) is 9.16. The van der Waals surface area contributed by atoms with Crippen molar-refractivity contribution >= 4 is 33.2 Å². The van der Waals surface area contributed by atoms with Gasteiger partial charge in [-0.05, 0) is 42.3 Å². The van der Waals surface area contributed by atoms with Gasteiger partial charge in [-0.3, -0.25) is 9.52 Å². The molecule has 0 saturated heterocycles. The summed E-state index contributed by atoms with van der Waals surface area (Å²) in [7, 11) is -3.94. The molecule has 0 saturated carbocycles. The Morgan fingerprint density at radius 2 is 1.92 bits per heavy atom. The minimum atomic E-state index is -3.94. The van der Waals surface area contributed by atoms with Crippen LogP contribution < -0.4 is 10.0 Å². The highest BCUT2D eigenvalue weighted by Gasteiger charge is 2.17. The van der Waals surface area contributed by atoms with Gasteiger partial charge in [-0.25, -0.2) is 12.8 Å². The lowest BCUT2D eigenvalue weighted by atomic mass is 10.2. The Bertz CT molecular complexity index is 885. The third-order valence-electron chi connectivity index (χ3n) is 3.25. The van der Waals surface area contributed by atoms with Crippen molar-refractivity contribution in [2.24, 2.45) is 5.92 Å². The number of rotatable bonds is 6. The highest BCUT2D eigenvalue weighted by molar-refractivity contribution is 7.92. The Morgan fingerprint density at radius 3 is 2.56 bits per heavy atom. The van der Waals surface area contributed by atoms with E-state index < -0.39 is 15.8 Å². The first-order valence-corrected chi connectivity index (χ1v) is 9.41. The van der Waals surface area contributed by atoms with Crippen LogP contribution in [0.15, 0.2) is 47.4 Å². The van der Waals surface area contributed by atoms with E-state index in [2.05, 4.69) is 10.0 Å². The number of carbonyl (C=O) groups excluding carboxylic acids is 1. The zero-order chi connectivity index (χ0) is 18.6. The van der Waals surface area contributed by atoms with Crippen LogP contribution in [0.5, 0.6) is 0 Å². The minimum absolute atomic E-state index is 0.0786. The van der Waals surface area contributed by atoms with Crippen LogP contribution in [-0.4, -0.2) is 20.9 Å². The molecule has 0 atom stereocenters. The Morgan fingerprint density at radius 1 is 1.20 bits per heavy atom.